The highest BCUT2D eigenvalue weighted by atomic mass is 32.2. The number of benzene rings is 2. The van der Waals surface area contributed by atoms with Gasteiger partial charge in [0.1, 0.15) is 0 Å². The maximum absolute atomic E-state index is 12.7. The van der Waals surface area contributed by atoms with Crippen LogP contribution < -0.4 is 0 Å². The smallest absolute Gasteiger partial charge is 0.365 e. The molecule has 2 aromatic rings. The first kappa shape index (κ1) is 16.7. The first-order valence-electron chi connectivity index (χ1n) is 8.10. The molecule has 2 aliphatic rings. The normalized spacial score (nSPS) is 24.8. The van der Waals surface area contributed by atoms with Crippen molar-refractivity contribution in [1.29, 1.82) is 0 Å². The second-order valence-corrected chi connectivity index (χ2v) is 7.62. The molecule has 2 nitrogen and oxygen atoms in total. The number of fused-ring (bicyclic) bond motifs is 3. The molecular weight excluding hydrogens is 347 g/mol. The molecule has 1 aliphatic carbocycles. The monoisotopic (exact) mass is 363 g/mol. The lowest BCUT2D eigenvalue weighted by Gasteiger charge is -2.20. The second kappa shape index (κ2) is 5.61. The molecule has 1 aliphatic heterocycles. The molecule has 0 spiro atoms. The summed E-state index contributed by atoms with van der Waals surface area (Å²) >= 11 is 1.62. The molecule has 0 aromatic heterocycles. The van der Waals surface area contributed by atoms with E-state index in [4.69, 9.17) is 0 Å². The minimum absolute atomic E-state index is 0.0136. The van der Waals surface area contributed by atoms with Crippen molar-refractivity contribution in [3.63, 3.8) is 0 Å². The average molecular weight is 363 g/mol. The lowest BCUT2D eigenvalue weighted by molar-refractivity contribution is -0.137. The molecule has 1 N–H and O–H groups in total. The molecule has 0 bridgehead atoms. The Kier molecular flexibility index (Phi) is 3.74. The maximum atomic E-state index is 12.7. The van der Waals surface area contributed by atoms with Gasteiger partial charge in [0.2, 0.25) is 0 Å². The van der Waals surface area contributed by atoms with Crippen LogP contribution in [0, 0.1) is 0 Å². The van der Waals surface area contributed by atoms with Crippen LogP contribution in [-0.2, 0) is 18.3 Å². The Labute approximate surface area is 147 Å². The molecule has 0 amide bonds. The molecule has 0 saturated heterocycles. The van der Waals surface area contributed by atoms with Gasteiger partial charge in [-0.05, 0) is 47.7 Å². The molecule has 130 valence electrons. The van der Waals surface area contributed by atoms with E-state index in [1.165, 1.54) is 12.1 Å². The van der Waals surface area contributed by atoms with Gasteiger partial charge in [-0.2, -0.15) is 13.2 Å². The number of halogens is 3. The van der Waals surface area contributed by atoms with Crippen molar-refractivity contribution >= 4 is 16.8 Å². The Balaban J connectivity index is 1.72. The number of hydrogen-bond acceptors (Lipinski definition) is 3. The first-order chi connectivity index (χ1) is 11.8. The maximum Gasteiger partial charge on any atom is 0.416 e. The molecule has 2 aromatic carbocycles. The molecule has 1 heterocycles. The zero-order chi connectivity index (χ0) is 17.8. The fraction of sp³-hybridized carbons (Fsp3) is 0.316. The molecule has 0 radical (unpaired) electrons. The van der Waals surface area contributed by atoms with E-state index in [1.54, 1.807) is 11.8 Å². The highest BCUT2D eigenvalue weighted by molar-refractivity contribution is 8.14. The van der Waals surface area contributed by atoms with E-state index in [2.05, 4.69) is 4.99 Å². The van der Waals surface area contributed by atoms with Crippen LogP contribution in [0.25, 0.3) is 11.1 Å². The highest BCUT2D eigenvalue weighted by Gasteiger charge is 2.50. The molecular formula is C19H16F3NOS. The van der Waals surface area contributed by atoms with Crippen LogP contribution in [0.5, 0.6) is 0 Å². The van der Waals surface area contributed by atoms with Crippen molar-refractivity contribution in [2.24, 2.45) is 4.99 Å². The van der Waals surface area contributed by atoms with E-state index in [-0.39, 0.29) is 5.25 Å². The van der Waals surface area contributed by atoms with Crippen molar-refractivity contribution in [2.45, 2.75) is 36.9 Å². The number of hydrogen-bond donors (Lipinski definition) is 1. The fourth-order valence-electron chi connectivity index (χ4n) is 3.44. The predicted molar refractivity (Wildman–Crippen MR) is 93.6 cm³/mol. The summed E-state index contributed by atoms with van der Waals surface area (Å²) < 4.78 is 38.2. The standard InChI is InChI=1S/C19H16F3NOS/c1-2-17-23-18(24)15-9-12(3-4-13(15)10-16(18)25-17)11-5-7-14(8-6-11)19(20,21)22/h3-9,16,24H,2,10H2,1H3. The van der Waals surface area contributed by atoms with E-state index in [1.807, 2.05) is 25.1 Å². The zero-order valence-corrected chi connectivity index (χ0v) is 14.3. The number of thioether (sulfide) groups is 1. The Morgan fingerprint density at radius 1 is 1.16 bits per heavy atom. The lowest BCUT2D eigenvalue weighted by Crippen LogP contribution is -2.27. The Morgan fingerprint density at radius 2 is 1.84 bits per heavy atom. The van der Waals surface area contributed by atoms with Gasteiger partial charge >= 0.3 is 6.18 Å². The zero-order valence-electron chi connectivity index (χ0n) is 13.5. The number of nitrogens with zero attached hydrogens (tertiary/aromatic N) is 1. The summed E-state index contributed by atoms with van der Waals surface area (Å²) in [6, 6.07) is 10.8. The van der Waals surface area contributed by atoms with Crippen LogP contribution in [0.1, 0.15) is 30.0 Å². The van der Waals surface area contributed by atoms with Gasteiger partial charge in [0.05, 0.1) is 15.9 Å². The van der Waals surface area contributed by atoms with Gasteiger partial charge in [-0.1, -0.05) is 31.2 Å². The Hall–Kier alpha value is -1.79. The van der Waals surface area contributed by atoms with Crippen LogP contribution in [-0.4, -0.2) is 15.4 Å². The van der Waals surface area contributed by atoms with Crippen LogP contribution >= 0.6 is 11.8 Å². The molecule has 4 rings (SSSR count). The van der Waals surface area contributed by atoms with Crippen LogP contribution in [0.3, 0.4) is 0 Å². The van der Waals surface area contributed by atoms with E-state index >= 15 is 0 Å². The average Bonchev–Trinajstić information content (AvgIpc) is 3.04. The quantitative estimate of drug-likeness (QED) is 0.815. The molecule has 2 unspecified atom stereocenters. The van der Waals surface area contributed by atoms with E-state index < -0.39 is 17.5 Å². The fourth-order valence-corrected chi connectivity index (χ4v) is 4.74. The number of aliphatic hydroxyl groups is 1. The van der Waals surface area contributed by atoms with Crippen molar-refractivity contribution in [3.8, 4) is 11.1 Å². The van der Waals surface area contributed by atoms with E-state index in [9.17, 15) is 18.3 Å². The summed E-state index contributed by atoms with van der Waals surface area (Å²) in [7, 11) is 0. The van der Waals surface area contributed by atoms with Crippen molar-refractivity contribution in [3.05, 3.63) is 59.2 Å². The third-order valence-corrected chi connectivity index (χ3v) is 6.21. The third-order valence-electron chi connectivity index (χ3n) is 4.78. The topological polar surface area (TPSA) is 32.6 Å². The molecule has 2 atom stereocenters. The van der Waals surface area contributed by atoms with Crippen molar-refractivity contribution < 1.29 is 18.3 Å². The highest BCUT2D eigenvalue weighted by Crippen LogP contribution is 2.50. The van der Waals surface area contributed by atoms with E-state index in [0.29, 0.717) is 5.56 Å². The summed E-state index contributed by atoms with van der Waals surface area (Å²) in [5.41, 5.74) is 1.41. The first-order valence-corrected chi connectivity index (χ1v) is 8.98. The Morgan fingerprint density at radius 3 is 2.48 bits per heavy atom. The SMILES string of the molecule is CCC1=NC2(O)c3cc(-c4ccc(C(F)(F)F)cc4)ccc3CC2S1. The van der Waals surface area contributed by atoms with Gasteiger partial charge in [0.25, 0.3) is 0 Å². The van der Waals surface area contributed by atoms with Gasteiger partial charge in [0, 0.05) is 5.56 Å². The minimum Gasteiger partial charge on any atom is -0.365 e. The third kappa shape index (κ3) is 2.68. The number of rotatable bonds is 2. The largest absolute Gasteiger partial charge is 0.416 e. The number of alkyl halides is 3. The number of aliphatic imine (C=N–C) groups is 1. The summed E-state index contributed by atoms with van der Waals surface area (Å²) in [6.45, 7) is 2.01. The van der Waals surface area contributed by atoms with E-state index in [0.717, 1.165) is 46.7 Å². The van der Waals surface area contributed by atoms with Gasteiger partial charge in [-0.25, -0.2) is 4.99 Å². The van der Waals surface area contributed by atoms with Gasteiger partial charge in [0.15, 0.2) is 5.72 Å². The van der Waals surface area contributed by atoms with Gasteiger partial charge in [-0.15, -0.1) is 11.8 Å². The van der Waals surface area contributed by atoms with Crippen LogP contribution in [0.4, 0.5) is 13.2 Å². The van der Waals surface area contributed by atoms with Gasteiger partial charge in [-0.3, -0.25) is 0 Å². The summed E-state index contributed by atoms with van der Waals surface area (Å²) in [4.78, 5) is 4.51. The summed E-state index contributed by atoms with van der Waals surface area (Å²) in [5.74, 6) is 0. The Bertz CT molecular complexity index is 860. The minimum atomic E-state index is -4.34. The van der Waals surface area contributed by atoms with Crippen LogP contribution in [0.2, 0.25) is 0 Å². The van der Waals surface area contributed by atoms with Gasteiger partial charge < -0.3 is 5.11 Å². The summed E-state index contributed by atoms with van der Waals surface area (Å²) in [5, 5.41) is 12.0. The summed E-state index contributed by atoms with van der Waals surface area (Å²) in [6.07, 6.45) is -2.81. The van der Waals surface area contributed by atoms with Crippen molar-refractivity contribution in [2.75, 3.05) is 0 Å². The molecule has 25 heavy (non-hydrogen) atoms. The predicted octanol–water partition coefficient (Wildman–Crippen LogP) is 5.00. The molecule has 0 fully saturated rings. The second-order valence-electron chi connectivity index (χ2n) is 6.34. The van der Waals surface area contributed by atoms with Crippen LogP contribution in [0.15, 0.2) is 47.5 Å². The molecule has 6 heteroatoms. The lowest BCUT2D eigenvalue weighted by atomic mass is 9.97. The molecule has 0 saturated carbocycles. The van der Waals surface area contributed by atoms with Crippen molar-refractivity contribution in [1.82, 2.24) is 0 Å².